The zero-order valence-corrected chi connectivity index (χ0v) is 10.9. The van der Waals surface area contributed by atoms with E-state index in [9.17, 15) is 4.39 Å². The van der Waals surface area contributed by atoms with Crippen LogP contribution in [-0.2, 0) is 5.88 Å². The largest absolute Gasteiger partial charge is 0.324 e. The Morgan fingerprint density at radius 2 is 2.06 bits per heavy atom. The highest BCUT2D eigenvalue weighted by Gasteiger charge is 2.12. The van der Waals surface area contributed by atoms with Gasteiger partial charge in [0.25, 0.3) is 0 Å². The maximum atomic E-state index is 13.8. The fraction of sp³-hybridized carbons (Fsp3) is 0.214. The number of aromatic nitrogens is 1. The highest BCUT2D eigenvalue weighted by Crippen LogP contribution is 2.26. The first-order valence-electron chi connectivity index (χ1n) is 5.79. The van der Waals surface area contributed by atoms with Crippen molar-refractivity contribution >= 4 is 23.1 Å². The number of benzene rings is 1. The van der Waals surface area contributed by atoms with Crippen molar-refractivity contribution in [2.75, 3.05) is 11.4 Å². The van der Waals surface area contributed by atoms with Crippen LogP contribution in [0.15, 0.2) is 42.6 Å². The smallest absolute Gasteiger partial charge is 0.146 e. The minimum absolute atomic E-state index is 0.252. The molecule has 2 rings (SSSR count). The van der Waals surface area contributed by atoms with Crippen LogP contribution in [0.25, 0.3) is 0 Å². The Balaban J connectivity index is 2.42. The molecular weight excluding hydrogens is 251 g/mol. The zero-order valence-electron chi connectivity index (χ0n) is 10.1. The molecule has 2 nitrogen and oxygen atoms in total. The molecule has 0 aliphatic rings. The summed E-state index contributed by atoms with van der Waals surface area (Å²) >= 11 is 5.80. The fourth-order valence-electron chi connectivity index (χ4n) is 1.82. The van der Waals surface area contributed by atoms with Crippen molar-refractivity contribution in [3.8, 4) is 0 Å². The lowest BCUT2D eigenvalue weighted by Crippen LogP contribution is -2.18. The molecule has 0 fully saturated rings. The lowest BCUT2D eigenvalue weighted by Gasteiger charge is -2.22. The highest BCUT2D eigenvalue weighted by atomic mass is 35.5. The van der Waals surface area contributed by atoms with E-state index >= 15 is 0 Å². The van der Waals surface area contributed by atoms with Gasteiger partial charge in [-0.2, -0.15) is 0 Å². The van der Waals surface area contributed by atoms with Crippen molar-refractivity contribution in [3.63, 3.8) is 0 Å². The summed E-state index contributed by atoms with van der Waals surface area (Å²) in [5.41, 5.74) is 1.50. The van der Waals surface area contributed by atoms with Gasteiger partial charge in [0.15, 0.2) is 0 Å². The first-order chi connectivity index (χ1) is 8.76. The van der Waals surface area contributed by atoms with E-state index in [0.717, 1.165) is 5.56 Å². The molecule has 18 heavy (non-hydrogen) atoms. The highest BCUT2D eigenvalue weighted by molar-refractivity contribution is 6.17. The van der Waals surface area contributed by atoms with Crippen LogP contribution in [0.3, 0.4) is 0 Å². The number of alkyl halides is 1. The number of para-hydroxylation sites is 1. The molecule has 1 aromatic heterocycles. The Hall–Kier alpha value is -1.61. The maximum Gasteiger partial charge on any atom is 0.146 e. The van der Waals surface area contributed by atoms with E-state index in [1.807, 2.05) is 30.0 Å². The van der Waals surface area contributed by atoms with Crippen LogP contribution in [0, 0.1) is 5.82 Å². The monoisotopic (exact) mass is 264 g/mol. The van der Waals surface area contributed by atoms with Gasteiger partial charge in [0.05, 0.1) is 5.69 Å². The number of pyridine rings is 1. The Kier molecular flexibility index (Phi) is 4.15. The van der Waals surface area contributed by atoms with Crippen molar-refractivity contribution in [1.29, 1.82) is 0 Å². The third-order valence-corrected chi connectivity index (χ3v) is 3.01. The average Bonchev–Trinajstić information content (AvgIpc) is 2.42. The lowest BCUT2D eigenvalue weighted by molar-refractivity contribution is 0.625. The second-order valence-corrected chi connectivity index (χ2v) is 4.12. The molecule has 1 heterocycles. The van der Waals surface area contributed by atoms with Crippen LogP contribution in [0.5, 0.6) is 0 Å². The molecule has 0 aliphatic heterocycles. The van der Waals surface area contributed by atoms with Gasteiger partial charge in [-0.05, 0) is 36.8 Å². The molecule has 0 aliphatic carbocycles. The van der Waals surface area contributed by atoms with Crippen molar-refractivity contribution < 1.29 is 4.39 Å². The summed E-state index contributed by atoms with van der Waals surface area (Å²) in [6, 6.07) is 10.4. The Labute approximate surface area is 111 Å². The number of hydrogen-bond acceptors (Lipinski definition) is 2. The summed E-state index contributed by atoms with van der Waals surface area (Å²) in [5, 5.41) is 0. The molecule has 0 unspecified atom stereocenters. The van der Waals surface area contributed by atoms with Crippen molar-refractivity contribution in [2.24, 2.45) is 0 Å². The van der Waals surface area contributed by atoms with Gasteiger partial charge in [-0.25, -0.2) is 9.37 Å². The molecule has 0 N–H and O–H groups in total. The molecule has 2 aromatic rings. The predicted molar refractivity (Wildman–Crippen MR) is 72.9 cm³/mol. The SMILES string of the molecule is CCN(c1cc(CCl)ccn1)c1ccccc1F. The molecule has 0 spiro atoms. The molecule has 0 radical (unpaired) electrons. The van der Waals surface area contributed by atoms with Crippen LogP contribution in [0.2, 0.25) is 0 Å². The number of anilines is 2. The second kappa shape index (κ2) is 5.83. The van der Waals surface area contributed by atoms with E-state index in [-0.39, 0.29) is 5.82 Å². The molecule has 94 valence electrons. The predicted octanol–water partition coefficient (Wildman–Crippen LogP) is 4.12. The van der Waals surface area contributed by atoms with Crippen LogP contribution in [0.4, 0.5) is 15.9 Å². The van der Waals surface area contributed by atoms with Gasteiger partial charge in [-0.3, -0.25) is 0 Å². The molecule has 4 heteroatoms. The Morgan fingerprint density at radius 1 is 1.28 bits per heavy atom. The molecule has 0 atom stereocenters. The Morgan fingerprint density at radius 3 is 2.72 bits per heavy atom. The summed E-state index contributed by atoms with van der Waals surface area (Å²) < 4.78 is 13.8. The number of rotatable bonds is 4. The molecule has 0 amide bonds. The van der Waals surface area contributed by atoms with Gasteiger partial charge in [0.1, 0.15) is 11.6 Å². The summed E-state index contributed by atoms with van der Waals surface area (Å²) in [7, 11) is 0. The molecule has 0 saturated carbocycles. The number of hydrogen-bond donors (Lipinski definition) is 0. The van der Waals surface area contributed by atoms with Crippen molar-refractivity contribution in [3.05, 3.63) is 54.0 Å². The van der Waals surface area contributed by atoms with E-state index in [0.29, 0.717) is 23.9 Å². The first-order valence-corrected chi connectivity index (χ1v) is 6.32. The van der Waals surface area contributed by atoms with Crippen LogP contribution >= 0.6 is 11.6 Å². The zero-order chi connectivity index (χ0) is 13.0. The van der Waals surface area contributed by atoms with Gasteiger partial charge in [-0.1, -0.05) is 12.1 Å². The molecule has 0 saturated heterocycles. The summed E-state index contributed by atoms with van der Waals surface area (Å²) in [6.45, 7) is 2.60. The van der Waals surface area contributed by atoms with Crippen molar-refractivity contribution in [1.82, 2.24) is 4.98 Å². The lowest BCUT2D eigenvalue weighted by atomic mass is 10.2. The second-order valence-electron chi connectivity index (χ2n) is 3.85. The van der Waals surface area contributed by atoms with E-state index in [1.165, 1.54) is 6.07 Å². The number of halogens is 2. The van der Waals surface area contributed by atoms with E-state index in [2.05, 4.69) is 4.98 Å². The van der Waals surface area contributed by atoms with Crippen LogP contribution in [0.1, 0.15) is 12.5 Å². The third-order valence-electron chi connectivity index (χ3n) is 2.70. The summed E-state index contributed by atoms with van der Waals surface area (Å²) in [4.78, 5) is 6.10. The molecular formula is C14H14ClFN2. The minimum Gasteiger partial charge on any atom is -0.324 e. The fourth-order valence-corrected chi connectivity index (χ4v) is 1.98. The third kappa shape index (κ3) is 2.62. The minimum atomic E-state index is -0.252. The molecule has 1 aromatic carbocycles. The quantitative estimate of drug-likeness (QED) is 0.773. The summed E-state index contributed by atoms with van der Waals surface area (Å²) in [5.74, 6) is 0.878. The van der Waals surface area contributed by atoms with Gasteiger partial charge < -0.3 is 4.90 Å². The number of nitrogens with zero attached hydrogens (tertiary/aromatic N) is 2. The van der Waals surface area contributed by atoms with Gasteiger partial charge >= 0.3 is 0 Å². The van der Waals surface area contributed by atoms with E-state index < -0.39 is 0 Å². The van der Waals surface area contributed by atoms with E-state index in [4.69, 9.17) is 11.6 Å². The standard InChI is InChI=1S/C14H14ClFN2/c1-2-18(13-6-4-3-5-12(13)16)14-9-11(10-15)7-8-17-14/h3-9H,2,10H2,1H3. The van der Waals surface area contributed by atoms with Crippen molar-refractivity contribution in [2.45, 2.75) is 12.8 Å². The van der Waals surface area contributed by atoms with Gasteiger partial charge in [-0.15, -0.1) is 11.6 Å². The van der Waals surface area contributed by atoms with Crippen LogP contribution in [-0.4, -0.2) is 11.5 Å². The molecule has 0 bridgehead atoms. The summed E-state index contributed by atoms with van der Waals surface area (Å²) in [6.07, 6.45) is 1.69. The Bertz CT molecular complexity index is 531. The first kappa shape index (κ1) is 12.8. The normalized spacial score (nSPS) is 10.4. The van der Waals surface area contributed by atoms with E-state index in [1.54, 1.807) is 18.3 Å². The topological polar surface area (TPSA) is 16.1 Å². The maximum absolute atomic E-state index is 13.8. The van der Waals surface area contributed by atoms with Crippen LogP contribution < -0.4 is 4.90 Å². The van der Waals surface area contributed by atoms with Gasteiger partial charge in [0, 0.05) is 18.6 Å². The average molecular weight is 265 g/mol. The van der Waals surface area contributed by atoms with Gasteiger partial charge in [0.2, 0.25) is 0 Å².